The van der Waals surface area contributed by atoms with Crippen LogP contribution >= 0.6 is 24.0 Å². The maximum atomic E-state index is 13.3. The standard InChI is InChI=1S/C26H34N4O4S2/c1-6-11-29-22(28-12-9-18(10-13-28)25(33)34-8-3)19(17(5)20(15-27)23(29)31)14-21-24(32)30(16(4)7-2)26(35)36-21/h14,16,18H,6-13H2,1-5H3/b21-14-. The number of carbonyl (C=O) groups is 2. The summed E-state index contributed by atoms with van der Waals surface area (Å²) in [5, 5.41) is 9.82. The lowest BCUT2D eigenvalue weighted by molar-refractivity contribution is -0.148. The summed E-state index contributed by atoms with van der Waals surface area (Å²) >= 11 is 6.76. The Morgan fingerprint density at radius 1 is 1.28 bits per heavy atom. The van der Waals surface area contributed by atoms with Gasteiger partial charge in [-0.1, -0.05) is 37.8 Å². The van der Waals surface area contributed by atoms with Crippen LogP contribution < -0.4 is 10.5 Å². The molecule has 0 aliphatic carbocycles. The van der Waals surface area contributed by atoms with Crippen LogP contribution in [0.2, 0.25) is 0 Å². The average molecular weight is 531 g/mol. The molecule has 0 spiro atoms. The van der Waals surface area contributed by atoms with Crippen LogP contribution in [-0.2, 0) is 20.9 Å². The number of rotatable bonds is 8. The van der Waals surface area contributed by atoms with Gasteiger partial charge in [0.2, 0.25) is 0 Å². The summed E-state index contributed by atoms with van der Waals surface area (Å²) in [5.41, 5.74) is 0.978. The third-order valence-corrected chi connectivity index (χ3v) is 8.17. The Morgan fingerprint density at radius 3 is 2.50 bits per heavy atom. The van der Waals surface area contributed by atoms with E-state index in [9.17, 15) is 19.6 Å². The molecule has 0 saturated carbocycles. The topological polar surface area (TPSA) is 95.6 Å². The van der Waals surface area contributed by atoms with E-state index in [0.717, 1.165) is 6.42 Å². The predicted octanol–water partition coefficient (Wildman–Crippen LogP) is 4.22. The zero-order valence-electron chi connectivity index (χ0n) is 21.6. The van der Waals surface area contributed by atoms with Crippen LogP contribution in [0.5, 0.6) is 0 Å². The van der Waals surface area contributed by atoms with Gasteiger partial charge in [-0.2, -0.15) is 5.26 Å². The molecule has 0 aromatic carbocycles. The number of nitriles is 1. The summed E-state index contributed by atoms with van der Waals surface area (Å²) in [6, 6.07) is 2.06. The highest BCUT2D eigenvalue weighted by molar-refractivity contribution is 8.26. The minimum atomic E-state index is -0.330. The van der Waals surface area contributed by atoms with Crippen molar-refractivity contribution in [3.63, 3.8) is 0 Å². The fraction of sp³-hybridized carbons (Fsp3) is 0.577. The molecule has 0 bridgehead atoms. The average Bonchev–Trinajstić information content (AvgIpc) is 3.14. The lowest BCUT2D eigenvalue weighted by Gasteiger charge is -2.35. The van der Waals surface area contributed by atoms with Gasteiger partial charge in [0.1, 0.15) is 21.8 Å². The molecule has 1 atom stereocenters. The number of esters is 1. The van der Waals surface area contributed by atoms with Crippen LogP contribution in [0.4, 0.5) is 5.82 Å². The summed E-state index contributed by atoms with van der Waals surface area (Å²) < 4.78 is 7.37. The van der Waals surface area contributed by atoms with E-state index in [2.05, 4.69) is 11.0 Å². The number of hydrogen-bond acceptors (Lipinski definition) is 8. The molecule has 1 aromatic rings. The van der Waals surface area contributed by atoms with Crippen molar-refractivity contribution in [2.45, 2.75) is 72.9 Å². The molecule has 2 aliphatic heterocycles. The van der Waals surface area contributed by atoms with Crippen molar-refractivity contribution in [1.29, 1.82) is 5.26 Å². The fourth-order valence-electron chi connectivity index (χ4n) is 4.68. The molecule has 1 unspecified atom stereocenters. The fourth-order valence-corrected chi connectivity index (χ4v) is 6.12. The van der Waals surface area contributed by atoms with Gasteiger partial charge in [0.15, 0.2) is 0 Å². The van der Waals surface area contributed by atoms with E-state index in [4.69, 9.17) is 17.0 Å². The Bertz CT molecular complexity index is 1180. The zero-order valence-corrected chi connectivity index (χ0v) is 23.3. The number of anilines is 1. The quantitative estimate of drug-likeness (QED) is 0.280. The van der Waals surface area contributed by atoms with E-state index >= 15 is 0 Å². The summed E-state index contributed by atoms with van der Waals surface area (Å²) in [4.78, 5) is 43.1. The third-order valence-electron chi connectivity index (χ3n) is 6.84. The molecule has 2 aliphatic rings. The summed E-state index contributed by atoms with van der Waals surface area (Å²) in [6.07, 6.45) is 4.48. The predicted molar refractivity (Wildman–Crippen MR) is 147 cm³/mol. The largest absolute Gasteiger partial charge is 0.466 e. The summed E-state index contributed by atoms with van der Waals surface area (Å²) in [5.74, 6) is 0.169. The normalized spacial score (nSPS) is 18.6. The van der Waals surface area contributed by atoms with Crippen LogP contribution in [0.1, 0.15) is 70.1 Å². The highest BCUT2D eigenvalue weighted by Gasteiger charge is 2.36. The van der Waals surface area contributed by atoms with Crippen molar-refractivity contribution < 1.29 is 14.3 Å². The number of hydrogen-bond donors (Lipinski definition) is 0. The summed E-state index contributed by atoms with van der Waals surface area (Å²) in [6.45, 7) is 11.4. The first-order valence-corrected chi connectivity index (χ1v) is 13.8. The van der Waals surface area contributed by atoms with Crippen molar-refractivity contribution in [2.75, 3.05) is 24.6 Å². The highest BCUT2D eigenvalue weighted by atomic mass is 32.2. The van der Waals surface area contributed by atoms with Gasteiger partial charge >= 0.3 is 5.97 Å². The number of aromatic nitrogens is 1. The monoisotopic (exact) mass is 530 g/mol. The van der Waals surface area contributed by atoms with Crippen LogP contribution in [0, 0.1) is 24.2 Å². The molecule has 194 valence electrons. The number of pyridine rings is 1. The molecule has 1 amide bonds. The van der Waals surface area contributed by atoms with E-state index in [1.807, 2.05) is 20.8 Å². The first kappa shape index (κ1) is 27.9. The third kappa shape index (κ3) is 5.37. The van der Waals surface area contributed by atoms with Gasteiger partial charge in [-0.3, -0.25) is 23.9 Å². The Labute approximate surface area is 222 Å². The molecular weight excluding hydrogens is 496 g/mol. The van der Waals surface area contributed by atoms with Gasteiger partial charge in [0.25, 0.3) is 11.5 Å². The number of amides is 1. The molecule has 3 rings (SSSR count). The number of thiocarbonyl (C=S) groups is 1. The Kier molecular flexibility index (Phi) is 9.36. The van der Waals surface area contributed by atoms with Crippen molar-refractivity contribution >= 4 is 52.1 Å². The molecule has 10 heteroatoms. The van der Waals surface area contributed by atoms with Gasteiger partial charge < -0.3 is 9.64 Å². The second-order valence-electron chi connectivity index (χ2n) is 9.13. The van der Waals surface area contributed by atoms with E-state index < -0.39 is 0 Å². The number of nitrogens with zero attached hydrogens (tertiary/aromatic N) is 4. The van der Waals surface area contributed by atoms with Gasteiger partial charge in [0.05, 0.1) is 17.4 Å². The Balaban J connectivity index is 2.13. The molecular formula is C26H34N4O4S2. The van der Waals surface area contributed by atoms with E-state index in [0.29, 0.717) is 71.7 Å². The molecule has 3 heterocycles. The zero-order chi connectivity index (χ0) is 26.6. The molecule has 36 heavy (non-hydrogen) atoms. The van der Waals surface area contributed by atoms with Crippen LogP contribution in [0.15, 0.2) is 9.70 Å². The van der Waals surface area contributed by atoms with Gasteiger partial charge in [-0.05, 0) is 58.1 Å². The van der Waals surface area contributed by atoms with Gasteiger partial charge in [-0.25, -0.2) is 0 Å². The number of carbonyl (C=O) groups excluding carboxylic acids is 2. The van der Waals surface area contributed by atoms with Crippen molar-refractivity contribution in [1.82, 2.24) is 9.47 Å². The smallest absolute Gasteiger partial charge is 0.309 e. The molecule has 1 aromatic heterocycles. The number of thioether (sulfide) groups is 1. The number of piperidine rings is 1. The lowest BCUT2D eigenvalue weighted by atomic mass is 9.95. The number of ether oxygens (including phenoxy) is 1. The molecule has 8 nitrogen and oxygen atoms in total. The van der Waals surface area contributed by atoms with Crippen molar-refractivity contribution in [3.8, 4) is 6.07 Å². The second-order valence-corrected chi connectivity index (χ2v) is 10.8. The maximum Gasteiger partial charge on any atom is 0.309 e. The molecule has 2 fully saturated rings. The van der Waals surface area contributed by atoms with Crippen molar-refractivity contribution in [3.05, 3.63) is 31.9 Å². The second kappa shape index (κ2) is 12.1. The lowest BCUT2D eigenvalue weighted by Crippen LogP contribution is -2.41. The Morgan fingerprint density at radius 2 is 1.94 bits per heavy atom. The van der Waals surface area contributed by atoms with Crippen molar-refractivity contribution in [2.24, 2.45) is 5.92 Å². The minimum absolute atomic E-state index is 0.0189. The van der Waals surface area contributed by atoms with Crippen LogP contribution in [0.25, 0.3) is 6.08 Å². The first-order valence-electron chi connectivity index (χ1n) is 12.6. The van der Waals surface area contributed by atoms with Crippen LogP contribution in [-0.4, -0.2) is 51.4 Å². The SMILES string of the molecule is CCCn1c(N2CCC(C(=O)OCC)CC2)c(/C=C2\SC(=S)N(C(C)CC)C2=O)c(C)c(C#N)c1=O. The first-order chi connectivity index (χ1) is 17.2. The molecule has 2 saturated heterocycles. The molecule has 0 N–H and O–H groups in total. The van der Waals surface area contributed by atoms with E-state index in [1.165, 1.54) is 11.8 Å². The van der Waals surface area contributed by atoms with E-state index in [1.54, 1.807) is 29.4 Å². The van der Waals surface area contributed by atoms with Crippen LogP contribution in [0.3, 0.4) is 0 Å². The molecule has 0 radical (unpaired) electrons. The minimum Gasteiger partial charge on any atom is -0.466 e. The Hall–Kier alpha value is -2.64. The maximum absolute atomic E-state index is 13.3. The highest BCUT2D eigenvalue weighted by Crippen LogP contribution is 2.38. The van der Waals surface area contributed by atoms with Gasteiger partial charge in [0, 0.05) is 31.2 Å². The van der Waals surface area contributed by atoms with Gasteiger partial charge in [-0.15, -0.1) is 0 Å². The summed E-state index contributed by atoms with van der Waals surface area (Å²) in [7, 11) is 0. The van der Waals surface area contributed by atoms with E-state index in [-0.39, 0.29) is 35.0 Å².